The smallest absolute Gasteiger partial charge is 0.317 e. The van der Waals surface area contributed by atoms with Crippen molar-refractivity contribution in [3.63, 3.8) is 0 Å². The van der Waals surface area contributed by atoms with E-state index < -0.39 is 10.8 Å². The van der Waals surface area contributed by atoms with E-state index in [2.05, 4.69) is 5.32 Å². The van der Waals surface area contributed by atoms with E-state index in [1.54, 1.807) is 4.90 Å². The Labute approximate surface area is 134 Å². The van der Waals surface area contributed by atoms with E-state index in [0.29, 0.717) is 12.3 Å². The van der Waals surface area contributed by atoms with Crippen LogP contribution in [0.3, 0.4) is 0 Å². The molecule has 1 aromatic carbocycles. The van der Waals surface area contributed by atoms with Crippen molar-refractivity contribution in [3.8, 4) is 0 Å². The third-order valence-electron chi connectivity index (χ3n) is 3.70. The maximum atomic E-state index is 12.1. The molecule has 1 fully saturated rings. The summed E-state index contributed by atoms with van der Waals surface area (Å²) in [6, 6.07) is 9.25. The molecule has 2 amide bonds. The van der Waals surface area contributed by atoms with Gasteiger partial charge in [0.1, 0.15) is 0 Å². The van der Waals surface area contributed by atoms with Crippen LogP contribution in [0.15, 0.2) is 35.2 Å². The number of hydrogen-bond donors (Lipinski definition) is 1. The Kier molecular flexibility index (Phi) is 6.86. The lowest BCUT2D eigenvalue weighted by molar-refractivity contribution is 0.0221. The molecule has 0 spiro atoms. The molecule has 2 rings (SSSR count). The van der Waals surface area contributed by atoms with Gasteiger partial charge in [-0.1, -0.05) is 18.2 Å². The van der Waals surface area contributed by atoms with Gasteiger partial charge in [-0.2, -0.15) is 0 Å². The molecule has 5 nitrogen and oxygen atoms in total. The maximum Gasteiger partial charge on any atom is 0.317 e. The normalized spacial score (nSPS) is 17.2. The Balaban J connectivity index is 1.67. The average molecular weight is 324 g/mol. The second-order valence-electron chi connectivity index (χ2n) is 5.24. The number of rotatable bonds is 6. The van der Waals surface area contributed by atoms with Crippen molar-refractivity contribution in [2.75, 3.05) is 32.0 Å². The molecule has 0 radical (unpaired) electrons. The van der Waals surface area contributed by atoms with Gasteiger partial charge >= 0.3 is 6.03 Å². The lowest BCUT2D eigenvalue weighted by Gasteiger charge is -2.31. The molecule has 1 aromatic rings. The first-order chi connectivity index (χ1) is 10.7. The van der Waals surface area contributed by atoms with Gasteiger partial charge in [0, 0.05) is 36.9 Å². The molecular weight excluding hydrogens is 300 g/mol. The van der Waals surface area contributed by atoms with Gasteiger partial charge in [0.05, 0.1) is 16.9 Å². The van der Waals surface area contributed by atoms with Crippen LogP contribution in [0.1, 0.15) is 19.8 Å². The number of benzene rings is 1. The molecule has 1 unspecified atom stereocenters. The largest absolute Gasteiger partial charge is 0.378 e. The van der Waals surface area contributed by atoms with Gasteiger partial charge in [0.25, 0.3) is 0 Å². The van der Waals surface area contributed by atoms with Crippen molar-refractivity contribution >= 4 is 16.8 Å². The van der Waals surface area contributed by atoms with Crippen LogP contribution in [-0.2, 0) is 15.5 Å². The SMILES string of the molecule is CCOC1CCN(C(=O)NCCS(=O)c2ccccc2)CC1. The fourth-order valence-corrected chi connectivity index (χ4v) is 3.50. The molecule has 22 heavy (non-hydrogen) atoms. The first-order valence-electron chi connectivity index (χ1n) is 7.78. The van der Waals surface area contributed by atoms with Crippen molar-refractivity contribution in [3.05, 3.63) is 30.3 Å². The zero-order valence-corrected chi connectivity index (χ0v) is 13.8. The molecule has 1 N–H and O–H groups in total. The summed E-state index contributed by atoms with van der Waals surface area (Å²) in [7, 11) is -1.07. The van der Waals surface area contributed by atoms with Crippen molar-refractivity contribution in [1.82, 2.24) is 10.2 Å². The quantitative estimate of drug-likeness (QED) is 0.871. The van der Waals surface area contributed by atoms with Crippen LogP contribution in [0.5, 0.6) is 0 Å². The summed E-state index contributed by atoms with van der Waals surface area (Å²) in [6.45, 7) is 4.58. The Morgan fingerprint density at radius 2 is 2.00 bits per heavy atom. The van der Waals surface area contributed by atoms with Gasteiger partial charge in [-0.05, 0) is 31.9 Å². The lowest BCUT2D eigenvalue weighted by Crippen LogP contribution is -2.46. The van der Waals surface area contributed by atoms with E-state index in [4.69, 9.17) is 4.74 Å². The molecule has 1 aliphatic heterocycles. The summed E-state index contributed by atoms with van der Waals surface area (Å²) in [4.78, 5) is 14.7. The van der Waals surface area contributed by atoms with Gasteiger partial charge < -0.3 is 15.0 Å². The Morgan fingerprint density at radius 1 is 1.32 bits per heavy atom. The Morgan fingerprint density at radius 3 is 2.64 bits per heavy atom. The topological polar surface area (TPSA) is 58.6 Å². The zero-order chi connectivity index (χ0) is 15.8. The number of hydrogen-bond acceptors (Lipinski definition) is 3. The predicted octanol–water partition coefficient (Wildman–Crippen LogP) is 2.00. The predicted molar refractivity (Wildman–Crippen MR) is 87.3 cm³/mol. The number of nitrogens with one attached hydrogen (secondary N) is 1. The maximum absolute atomic E-state index is 12.1. The summed E-state index contributed by atoms with van der Waals surface area (Å²) in [6.07, 6.45) is 2.05. The summed E-state index contributed by atoms with van der Waals surface area (Å²) >= 11 is 0. The second kappa shape index (κ2) is 8.90. The van der Waals surface area contributed by atoms with Gasteiger partial charge in [0.2, 0.25) is 0 Å². The zero-order valence-electron chi connectivity index (χ0n) is 13.0. The summed E-state index contributed by atoms with van der Waals surface area (Å²) in [5.74, 6) is 0.436. The Hall–Kier alpha value is -1.40. The minimum atomic E-state index is -1.07. The molecule has 1 heterocycles. The van der Waals surface area contributed by atoms with Gasteiger partial charge in [-0.3, -0.25) is 4.21 Å². The molecule has 122 valence electrons. The fourth-order valence-electron chi connectivity index (χ4n) is 2.51. The third kappa shape index (κ3) is 5.10. The second-order valence-corrected chi connectivity index (χ2v) is 6.81. The van der Waals surface area contributed by atoms with E-state index >= 15 is 0 Å². The van der Waals surface area contributed by atoms with Gasteiger partial charge in [0.15, 0.2) is 0 Å². The van der Waals surface area contributed by atoms with Gasteiger partial charge in [-0.15, -0.1) is 0 Å². The van der Waals surface area contributed by atoms with E-state index in [0.717, 1.165) is 37.4 Å². The number of piperidine rings is 1. The molecule has 6 heteroatoms. The number of carbonyl (C=O) groups is 1. The van der Waals surface area contributed by atoms with Crippen molar-refractivity contribution in [1.29, 1.82) is 0 Å². The highest BCUT2D eigenvalue weighted by atomic mass is 32.2. The van der Waals surface area contributed by atoms with Crippen LogP contribution in [0.25, 0.3) is 0 Å². The standard InChI is InChI=1S/C16H24N2O3S/c1-2-21-14-8-11-18(12-9-14)16(19)17-10-13-22(20)15-6-4-3-5-7-15/h3-7,14H,2,8-13H2,1H3,(H,17,19). The Bertz CT molecular complexity index is 487. The van der Waals surface area contributed by atoms with E-state index in [9.17, 15) is 9.00 Å². The highest BCUT2D eigenvalue weighted by molar-refractivity contribution is 7.85. The van der Waals surface area contributed by atoms with Crippen molar-refractivity contribution in [2.45, 2.75) is 30.8 Å². The third-order valence-corrected chi connectivity index (χ3v) is 5.07. The highest BCUT2D eigenvalue weighted by Crippen LogP contribution is 2.13. The number of urea groups is 1. The molecule has 0 bridgehead atoms. The molecule has 0 saturated carbocycles. The van der Waals surface area contributed by atoms with Crippen LogP contribution >= 0.6 is 0 Å². The molecule has 1 atom stereocenters. The van der Waals surface area contributed by atoms with Crippen LogP contribution in [0, 0.1) is 0 Å². The van der Waals surface area contributed by atoms with E-state index in [-0.39, 0.29) is 12.1 Å². The van der Waals surface area contributed by atoms with Crippen LogP contribution in [0.2, 0.25) is 0 Å². The molecule has 1 saturated heterocycles. The van der Waals surface area contributed by atoms with Crippen LogP contribution < -0.4 is 5.32 Å². The lowest BCUT2D eigenvalue weighted by atomic mass is 10.1. The highest BCUT2D eigenvalue weighted by Gasteiger charge is 2.22. The number of carbonyl (C=O) groups excluding carboxylic acids is 1. The summed E-state index contributed by atoms with van der Waals surface area (Å²) in [5, 5.41) is 2.85. The molecule has 1 aliphatic rings. The number of amides is 2. The van der Waals surface area contributed by atoms with Crippen molar-refractivity contribution < 1.29 is 13.7 Å². The van der Waals surface area contributed by atoms with Crippen LogP contribution in [-0.4, -0.2) is 53.2 Å². The number of nitrogens with zero attached hydrogens (tertiary/aromatic N) is 1. The first-order valence-corrected chi connectivity index (χ1v) is 9.10. The fraction of sp³-hybridized carbons (Fsp3) is 0.562. The molecule has 0 aliphatic carbocycles. The molecule has 0 aromatic heterocycles. The minimum Gasteiger partial charge on any atom is -0.378 e. The monoisotopic (exact) mass is 324 g/mol. The van der Waals surface area contributed by atoms with Gasteiger partial charge in [-0.25, -0.2) is 4.79 Å². The first kappa shape index (κ1) is 17.0. The van der Waals surface area contributed by atoms with Crippen molar-refractivity contribution in [2.24, 2.45) is 0 Å². The summed E-state index contributed by atoms with van der Waals surface area (Å²) < 4.78 is 17.6. The average Bonchev–Trinajstić information content (AvgIpc) is 2.56. The van der Waals surface area contributed by atoms with Crippen LogP contribution in [0.4, 0.5) is 4.79 Å². The summed E-state index contributed by atoms with van der Waals surface area (Å²) in [5.41, 5.74) is 0. The minimum absolute atomic E-state index is 0.0694. The van der Waals surface area contributed by atoms with E-state index in [1.807, 2.05) is 37.3 Å². The number of ether oxygens (including phenoxy) is 1. The molecular formula is C16H24N2O3S. The van der Waals surface area contributed by atoms with E-state index in [1.165, 1.54) is 0 Å². The number of likely N-dealkylation sites (tertiary alicyclic amines) is 1.